The van der Waals surface area contributed by atoms with Crippen LogP contribution < -0.4 is 5.14 Å². The minimum Gasteiger partial charge on any atom is -0.275 e. The molecule has 0 bridgehead atoms. The minimum absolute atomic E-state index is 0.0177. The summed E-state index contributed by atoms with van der Waals surface area (Å²) < 4.78 is 18.5. The van der Waals surface area contributed by atoms with E-state index in [2.05, 4.69) is 43.0 Å². The SMILES string of the molecule is Cn1ccc(S(N)(=O)=N[Si](C)(C)C(C)(C)C)n1. The van der Waals surface area contributed by atoms with Crippen molar-refractivity contribution in [3.8, 4) is 0 Å². The van der Waals surface area contributed by atoms with Gasteiger partial charge in [0, 0.05) is 13.2 Å². The predicted octanol–water partition coefficient (Wildman–Crippen LogP) is 2.13. The summed E-state index contributed by atoms with van der Waals surface area (Å²) in [5.74, 6) is 0. The van der Waals surface area contributed by atoms with Gasteiger partial charge >= 0.3 is 0 Å². The number of aromatic nitrogens is 2. The average Bonchev–Trinajstić information content (AvgIpc) is 2.48. The summed E-state index contributed by atoms with van der Waals surface area (Å²) in [5, 5.41) is 10.3. The van der Waals surface area contributed by atoms with Crippen LogP contribution in [0.1, 0.15) is 20.8 Å². The summed E-state index contributed by atoms with van der Waals surface area (Å²) in [6.07, 6.45) is 1.73. The average molecular weight is 274 g/mol. The molecule has 0 saturated heterocycles. The standard InChI is InChI=1S/C10H22N4OSSi/c1-10(2,3)17(5,6)13-16(11,15)9-7-8-14(4)12-9/h7-8H,1-6H3,(H2,11,13,15). The van der Waals surface area contributed by atoms with Gasteiger partial charge < -0.3 is 0 Å². The lowest BCUT2D eigenvalue weighted by Gasteiger charge is -2.32. The fourth-order valence-electron chi connectivity index (χ4n) is 1.07. The van der Waals surface area contributed by atoms with E-state index in [0.29, 0.717) is 5.03 Å². The smallest absolute Gasteiger partial charge is 0.195 e. The molecule has 0 spiro atoms. The van der Waals surface area contributed by atoms with Crippen molar-refractivity contribution in [2.45, 2.75) is 43.9 Å². The Bertz CT molecular complexity index is 521. The van der Waals surface area contributed by atoms with E-state index in [0.717, 1.165) is 0 Å². The summed E-state index contributed by atoms with van der Waals surface area (Å²) >= 11 is 0. The van der Waals surface area contributed by atoms with Crippen LogP contribution in [0.3, 0.4) is 0 Å². The van der Waals surface area contributed by atoms with Crippen LogP contribution in [-0.2, 0) is 17.0 Å². The van der Waals surface area contributed by atoms with Crippen molar-refractivity contribution in [2.24, 2.45) is 16.2 Å². The molecule has 1 heterocycles. The van der Waals surface area contributed by atoms with E-state index in [9.17, 15) is 4.21 Å². The second-order valence-corrected chi connectivity index (χ2v) is 12.7. The molecule has 0 saturated carbocycles. The van der Waals surface area contributed by atoms with Crippen LogP contribution >= 0.6 is 0 Å². The molecule has 0 fully saturated rings. The molecular weight excluding hydrogens is 252 g/mol. The van der Waals surface area contributed by atoms with Gasteiger partial charge in [-0.2, -0.15) is 5.10 Å². The van der Waals surface area contributed by atoms with Gasteiger partial charge in [-0.05, 0) is 24.2 Å². The molecule has 0 aliphatic carbocycles. The van der Waals surface area contributed by atoms with Crippen molar-refractivity contribution >= 4 is 18.2 Å². The number of nitrogens with two attached hydrogens (primary N) is 1. The van der Waals surface area contributed by atoms with E-state index in [1.54, 1.807) is 24.0 Å². The lowest BCUT2D eigenvalue weighted by atomic mass is 10.2. The predicted molar refractivity (Wildman–Crippen MR) is 73.4 cm³/mol. The van der Waals surface area contributed by atoms with Gasteiger partial charge in [-0.15, -0.1) is 0 Å². The molecule has 0 amide bonds. The fraction of sp³-hybridized carbons (Fsp3) is 0.700. The molecule has 98 valence electrons. The molecule has 0 aliphatic rings. The molecule has 1 atom stereocenters. The molecule has 2 N–H and O–H groups in total. The van der Waals surface area contributed by atoms with Crippen LogP contribution in [0.2, 0.25) is 18.1 Å². The zero-order chi connectivity index (χ0) is 13.5. The molecule has 0 radical (unpaired) electrons. The van der Waals surface area contributed by atoms with Crippen molar-refractivity contribution in [3.63, 3.8) is 0 Å². The van der Waals surface area contributed by atoms with Gasteiger partial charge in [0.2, 0.25) is 0 Å². The first-order valence-electron chi connectivity index (χ1n) is 5.51. The molecule has 0 aromatic carbocycles. The topological polar surface area (TPSA) is 73.3 Å². The molecule has 7 heteroatoms. The van der Waals surface area contributed by atoms with E-state index in [1.807, 2.05) is 0 Å². The first-order chi connectivity index (χ1) is 7.46. The van der Waals surface area contributed by atoms with Crippen LogP contribution in [0.15, 0.2) is 21.3 Å². The first-order valence-corrected chi connectivity index (χ1v) is 10.0. The summed E-state index contributed by atoms with van der Waals surface area (Å²) in [7, 11) is -3.14. The molecule has 5 nitrogen and oxygen atoms in total. The summed E-state index contributed by atoms with van der Waals surface area (Å²) in [6, 6.07) is 1.67. The van der Waals surface area contributed by atoms with E-state index >= 15 is 0 Å². The number of hydrogen-bond acceptors (Lipinski definition) is 3. The third-order valence-corrected chi connectivity index (χ3v) is 10.6. The van der Waals surface area contributed by atoms with Gasteiger partial charge in [-0.3, -0.25) is 8.71 Å². The second-order valence-electron chi connectivity index (χ2n) is 5.80. The number of aryl methyl sites for hydroxylation is 1. The Morgan fingerprint density at radius 2 is 2.00 bits per heavy atom. The largest absolute Gasteiger partial charge is 0.275 e. The highest BCUT2D eigenvalue weighted by atomic mass is 32.2. The summed E-state index contributed by atoms with van der Waals surface area (Å²) in [5.41, 5.74) is 0. The maximum atomic E-state index is 12.4. The fourth-order valence-corrected chi connectivity index (χ4v) is 5.76. The Hall–Kier alpha value is -0.663. The third-order valence-electron chi connectivity index (χ3n) is 3.19. The molecule has 1 rings (SSSR count). The maximum Gasteiger partial charge on any atom is 0.195 e. The number of rotatable bonds is 2. The number of nitrogens with zero attached hydrogens (tertiary/aromatic N) is 3. The van der Waals surface area contributed by atoms with Crippen molar-refractivity contribution in [1.82, 2.24) is 9.78 Å². The molecule has 1 aromatic rings. The summed E-state index contributed by atoms with van der Waals surface area (Å²) in [6.45, 7) is 10.5. The molecule has 1 unspecified atom stereocenters. The van der Waals surface area contributed by atoms with E-state index in [1.165, 1.54) is 0 Å². The lowest BCUT2D eigenvalue weighted by Crippen LogP contribution is -2.37. The van der Waals surface area contributed by atoms with Crippen LogP contribution in [0.25, 0.3) is 0 Å². The Morgan fingerprint density at radius 3 is 2.35 bits per heavy atom. The van der Waals surface area contributed by atoms with Gasteiger partial charge in [0.1, 0.15) is 9.92 Å². The molecule has 17 heavy (non-hydrogen) atoms. The maximum absolute atomic E-state index is 12.4. The Labute approximate surface area is 105 Å². The van der Waals surface area contributed by atoms with Crippen LogP contribution in [0.4, 0.5) is 0 Å². The quantitative estimate of drug-likeness (QED) is 0.839. The van der Waals surface area contributed by atoms with Gasteiger partial charge in [-0.1, -0.05) is 20.8 Å². The van der Waals surface area contributed by atoms with Gasteiger partial charge in [-0.25, -0.2) is 9.35 Å². The monoisotopic (exact) mass is 274 g/mol. The Kier molecular flexibility index (Phi) is 3.57. The normalized spacial score (nSPS) is 16.6. The van der Waals surface area contributed by atoms with Gasteiger partial charge in [0.25, 0.3) is 0 Å². The first kappa shape index (κ1) is 14.4. The highest BCUT2D eigenvalue weighted by Gasteiger charge is 2.37. The van der Waals surface area contributed by atoms with Crippen molar-refractivity contribution in [2.75, 3.05) is 0 Å². The van der Waals surface area contributed by atoms with Crippen molar-refractivity contribution in [3.05, 3.63) is 12.3 Å². The summed E-state index contributed by atoms with van der Waals surface area (Å²) in [4.78, 5) is 0. The van der Waals surface area contributed by atoms with Crippen LogP contribution in [-0.4, -0.2) is 22.2 Å². The van der Waals surface area contributed by atoms with E-state index in [-0.39, 0.29) is 5.04 Å². The van der Waals surface area contributed by atoms with Gasteiger partial charge in [0.15, 0.2) is 13.3 Å². The highest BCUT2D eigenvalue weighted by molar-refractivity contribution is 7.92. The zero-order valence-corrected chi connectivity index (χ0v) is 13.2. The van der Waals surface area contributed by atoms with E-state index < -0.39 is 18.2 Å². The van der Waals surface area contributed by atoms with Crippen LogP contribution in [0.5, 0.6) is 0 Å². The third kappa shape index (κ3) is 3.17. The number of hydrogen-bond donors (Lipinski definition) is 1. The second kappa shape index (κ2) is 4.22. The highest BCUT2D eigenvalue weighted by Crippen LogP contribution is 2.37. The molecule has 0 aliphatic heterocycles. The van der Waals surface area contributed by atoms with Crippen molar-refractivity contribution < 1.29 is 4.21 Å². The molecule has 1 aromatic heterocycles. The lowest BCUT2D eigenvalue weighted by molar-refractivity contribution is 0.665. The Morgan fingerprint density at radius 1 is 1.47 bits per heavy atom. The van der Waals surface area contributed by atoms with Crippen molar-refractivity contribution in [1.29, 1.82) is 0 Å². The molecular formula is C10H22N4OSSi. The Balaban J connectivity index is 3.28. The minimum atomic E-state index is -2.88. The van der Waals surface area contributed by atoms with Gasteiger partial charge in [0.05, 0.1) is 0 Å². The van der Waals surface area contributed by atoms with E-state index in [4.69, 9.17) is 5.14 Å². The van der Waals surface area contributed by atoms with Crippen LogP contribution in [0, 0.1) is 0 Å². The zero-order valence-electron chi connectivity index (χ0n) is 11.4.